The second-order valence-corrected chi connectivity index (χ2v) is 8.20. The zero-order chi connectivity index (χ0) is 22.1. The number of nitrogens with one attached hydrogen (secondary N) is 1. The minimum absolute atomic E-state index is 0.0454. The number of rotatable bonds is 4. The van der Waals surface area contributed by atoms with Crippen molar-refractivity contribution in [3.8, 4) is 0 Å². The number of anilines is 1. The van der Waals surface area contributed by atoms with Crippen LogP contribution in [0.3, 0.4) is 0 Å². The van der Waals surface area contributed by atoms with Crippen molar-refractivity contribution in [3.05, 3.63) is 78.1 Å². The zero-order valence-corrected chi connectivity index (χ0v) is 18.0. The summed E-state index contributed by atoms with van der Waals surface area (Å²) in [5, 5.41) is 5.99. The lowest BCUT2D eigenvalue weighted by Crippen LogP contribution is -2.50. The van der Waals surface area contributed by atoms with Crippen LogP contribution in [0.2, 0.25) is 0 Å². The number of aryl methyl sites for hydroxylation is 1. The summed E-state index contributed by atoms with van der Waals surface area (Å²) in [6, 6.07) is 21.6. The maximum Gasteiger partial charge on any atom is 0.289 e. The Labute approximate surface area is 186 Å². The van der Waals surface area contributed by atoms with E-state index in [1.54, 1.807) is 0 Å². The number of para-hydroxylation sites is 1. The molecule has 1 aromatic heterocycles. The molecule has 0 radical (unpaired) electrons. The molecule has 4 aromatic rings. The number of carbonyl (C=O) groups excluding carboxylic acids is 2. The van der Waals surface area contributed by atoms with E-state index in [2.05, 4.69) is 16.3 Å². The molecule has 2 amide bonds. The van der Waals surface area contributed by atoms with Gasteiger partial charge in [-0.15, -0.1) is 0 Å². The molecule has 162 valence electrons. The van der Waals surface area contributed by atoms with E-state index in [-0.39, 0.29) is 11.8 Å². The van der Waals surface area contributed by atoms with Gasteiger partial charge in [0.15, 0.2) is 5.76 Å². The van der Waals surface area contributed by atoms with Crippen molar-refractivity contribution < 1.29 is 14.0 Å². The molecule has 6 heteroatoms. The lowest BCUT2D eigenvalue weighted by molar-refractivity contribution is -0.117. The Morgan fingerprint density at radius 1 is 0.875 bits per heavy atom. The van der Waals surface area contributed by atoms with Gasteiger partial charge in [-0.25, -0.2) is 0 Å². The summed E-state index contributed by atoms with van der Waals surface area (Å²) in [6.45, 7) is 4.68. The molecule has 1 saturated heterocycles. The van der Waals surface area contributed by atoms with Gasteiger partial charge in [-0.1, -0.05) is 54.6 Å². The maximum atomic E-state index is 13.2. The standard InChI is InChI=1S/C26H25N3O3/c1-18-21-12-11-19-7-5-6-10-22(19)25(21)32-24(18)26(31)29-15-13-28(14-16-29)17-23(30)27-20-8-3-2-4-9-20/h2-12H,13-17H2,1H3,(H,27,30). The van der Waals surface area contributed by atoms with Gasteiger partial charge in [0.05, 0.1) is 6.54 Å². The Morgan fingerprint density at radius 2 is 1.59 bits per heavy atom. The van der Waals surface area contributed by atoms with Crippen molar-refractivity contribution in [1.29, 1.82) is 0 Å². The summed E-state index contributed by atoms with van der Waals surface area (Å²) in [6.07, 6.45) is 0. The van der Waals surface area contributed by atoms with Gasteiger partial charge in [-0.2, -0.15) is 0 Å². The number of hydrogen-bond acceptors (Lipinski definition) is 4. The largest absolute Gasteiger partial charge is 0.450 e. The molecule has 1 N–H and O–H groups in total. The smallest absolute Gasteiger partial charge is 0.289 e. The van der Waals surface area contributed by atoms with Gasteiger partial charge in [-0.05, 0) is 24.4 Å². The van der Waals surface area contributed by atoms with Crippen LogP contribution in [-0.4, -0.2) is 54.3 Å². The second-order valence-electron chi connectivity index (χ2n) is 8.20. The number of carbonyl (C=O) groups is 2. The Hall–Kier alpha value is -3.64. The first-order valence-electron chi connectivity index (χ1n) is 10.9. The maximum absolute atomic E-state index is 13.2. The average molecular weight is 428 g/mol. The Kier molecular flexibility index (Phi) is 5.37. The SMILES string of the molecule is Cc1c(C(=O)N2CCN(CC(=O)Nc3ccccc3)CC2)oc2c1ccc1ccccc12. The lowest BCUT2D eigenvalue weighted by atomic mass is 10.1. The summed E-state index contributed by atoms with van der Waals surface area (Å²) in [5.41, 5.74) is 2.43. The molecule has 0 atom stereocenters. The molecule has 32 heavy (non-hydrogen) atoms. The highest BCUT2D eigenvalue weighted by atomic mass is 16.3. The van der Waals surface area contributed by atoms with Gasteiger partial charge in [0.25, 0.3) is 5.91 Å². The quantitative estimate of drug-likeness (QED) is 0.528. The normalized spacial score (nSPS) is 14.7. The van der Waals surface area contributed by atoms with E-state index < -0.39 is 0 Å². The first-order valence-corrected chi connectivity index (χ1v) is 10.9. The highest BCUT2D eigenvalue weighted by Gasteiger charge is 2.27. The third kappa shape index (κ3) is 3.85. The van der Waals surface area contributed by atoms with E-state index in [9.17, 15) is 9.59 Å². The number of amides is 2. The van der Waals surface area contributed by atoms with Crippen molar-refractivity contribution in [2.75, 3.05) is 38.0 Å². The summed E-state index contributed by atoms with van der Waals surface area (Å²) >= 11 is 0. The Bertz CT molecular complexity index is 1290. The fourth-order valence-corrected chi connectivity index (χ4v) is 4.33. The van der Waals surface area contributed by atoms with Gasteiger partial charge in [0, 0.05) is 48.2 Å². The first kappa shape index (κ1) is 20.3. The van der Waals surface area contributed by atoms with E-state index >= 15 is 0 Å². The van der Waals surface area contributed by atoms with E-state index in [0.29, 0.717) is 38.5 Å². The summed E-state index contributed by atoms with van der Waals surface area (Å²) in [4.78, 5) is 29.4. The van der Waals surface area contributed by atoms with Crippen LogP contribution in [0, 0.1) is 6.92 Å². The molecule has 1 aliphatic heterocycles. The van der Waals surface area contributed by atoms with Crippen molar-refractivity contribution in [3.63, 3.8) is 0 Å². The first-order chi connectivity index (χ1) is 15.6. The monoisotopic (exact) mass is 427 g/mol. The fraction of sp³-hybridized carbons (Fsp3) is 0.231. The number of benzene rings is 3. The van der Waals surface area contributed by atoms with Gasteiger partial charge >= 0.3 is 0 Å². The molecular formula is C26H25N3O3. The van der Waals surface area contributed by atoms with Gasteiger partial charge in [0.1, 0.15) is 5.58 Å². The van der Waals surface area contributed by atoms with E-state index in [1.165, 1.54) is 0 Å². The highest BCUT2D eigenvalue weighted by Crippen LogP contribution is 2.32. The van der Waals surface area contributed by atoms with Crippen LogP contribution in [0.4, 0.5) is 5.69 Å². The molecule has 1 fully saturated rings. The van der Waals surface area contributed by atoms with Crippen LogP contribution in [0.5, 0.6) is 0 Å². The molecule has 1 aliphatic rings. The van der Waals surface area contributed by atoms with E-state index in [1.807, 2.05) is 72.5 Å². The van der Waals surface area contributed by atoms with Gasteiger partial charge in [0.2, 0.25) is 5.91 Å². The molecular weight excluding hydrogens is 402 g/mol. The van der Waals surface area contributed by atoms with Crippen molar-refractivity contribution in [1.82, 2.24) is 9.80 Å². The highest BCUT2D eigenvalue weighted by molar-refractivity contribution is 6.08. The molecule has 0 aliphatic carbocycles. The van der Waals surface area contributed by atoms with Crippen molar-refractivity contribution >= 4 is 39.2 Å². The summed E-state index contributed by atoms with van der Waals surface area (Å²) < 4.78 is 6.12. The molecule has 6 nitrogen and oxygen atoms in total. The number of furan rings is 1. The summed E-state index contributed by atoms with van der Waals surface area (Å²) in [5.74, 6) is 0.277. The molecule has 0 saturated carbocycles. The van der Waals surface area contributed by atoms with Crippen molar-refractivity contribution in [2.24, 2.45) is 0 Å². The molecule has 0 bridgehead atoms. The fourth-order valence-electron chi connectivity index (χ4n) is 4.33. The molecule has 0 unspecified atom stereocenters. The summed E-state index contributed by atoms with van der Waals surface area (Å²) in [7, 11) is 0. The molecule has 0 spiro atoms. The van der Waals surface area contributed by atoms with E-state index in [4.69, 9.17) is 4.42 Å². The zero-order valence-electron chi connectivity index (χ0n) is 18.0. The minimum Gasteiger partial charge on any atom is -0.450 e. The third-order valence-electron chi connectivity index (χ3n) is 6.11. The van der Waals surface area contributed by atoms with Crippen LogP contribution in [-0.2, 0) is 4.79 Å². The molecule has 5 rings (SSSR count). The lowest BCUT2D eigenvalue weighted by Gasteiger charge is -2.33. The topological polar surface area (TPSA) is 65.8 Å². The predicted molar refractivity (Wildman–Crippen MR) is 126 cm³/mol. The van der Waals surface area contributed by atoms with E-state index in [0.717, 1.165) is 33.0 Å². The van der Waals surface area contributed by atoms with Crippen molar-refractivity contribution in [2.45, 2.75) is 6.92 Å². The van der Waals surface area contributed by atoms with Crippen LogP contribution >= 0.6 is 0 Å². The van der Waals surface area contributed by atoms with Crippen LogP contribution in [0.1, 0.15) is 16.1 Å². The number of piperazine rings is 1. The minimum atomic E-state index is -0.0869. The number of fused-ring (bicyclic) bond motifs is 3. The Morgan fingerprint density at radius 3 is 2.38 bits per heavy atom. The second kappa shape index (κ2) is 8.48. The molecule has 3 aromatic carbocycles. The average Bonchev–Trinajstić information content (AvgIpc) is 3.16. The van der Waals surface area contributed by atoms with Crippen LogP contribution < -0.4 is 5.32 Å². The number of nitrogens with zero attached hydrogens (tertiary/aromatic N) is 2. The van der Waals surface area contributed by atoms with Gasteiger partial charge in [-0.3, -0.25) is 14.5 Å². The third-order valence-corrected chi connectivity index (χ3v) is 6.11. The van der Waals surface area contributed by atoms with Gasteiger partial charge < -0.3 is 14.6 Å². The molecule has 2 heterocycles. The van der Waals surface area contributed by atoms with Crippen LogP contribution in [0.25, 0.3) is 21.7 Å². The Balaban J connectivity index is 1.25. The number of hydrogen-bond donors (Lipinski definition) is 1. The predicted octanol–water partition coefficient (Wildman–Crippen LogP) is 4.29. The van der Waals surface area contributed by atoms with Crippen LogP contribution in [0.15, 0.2) is 71.1 Å².